The van der Waals surface area contributed by atoms with Crippen molar-refractivity contribution in [3.63, 3.8) is 0 Å². The van der Waals surface area contributed by atoms with Gasteiger partial charge in [-0.1, -0.05) is 32.0 Å². The predicted octanol–water partition coefficient (Wildman–Crippen LogP) is 0.469. The quantitative estimate of drug-likeness (QED) is 0.808. The summed E-state index contributed by atoms with van der Waals surface area (Å²) in [6.45, 7) is 10.3. The van der Waals surface area contributed by atoms with E-state index < -0.39 is 10.0 Å². The number of carbonyl (C=O) groups excluding carboxylic acids is 1. The Morgan fingerprint density at radius 1 is 1.04 bits per heavy atom. The predicted molar refractivity (Wildman–Crippen MR) is 105 cm³/mol. The number of likely N-dealkylation sites (tertiary alicyclic amines) is 1. The number of piperazine rings is 1. The van der Waals surface area contributed by atoms with E-state index in [9.17, 15) is 13.2 Å². The van der Waals surface area contributed by atoms with Crippen LogP contribution < -0.4 is 4.90 Å². The van der Waals surface area contributed by atoms with E-state index in [-0.39, 0.29) is 11.9 Å². The summed E-state index contributed by atoms with van der Waals surface area (Å²) < 4.78 is 27.0. The maximum atomic E-state index is 13.0. The summed E-state index contributed by atoms with van der Waals surface area (Å²) in [6.07, 6.45) is 1.24. The van der Waals surface area contributed by atoms with Crippen molar-refractivity contribution in [2.75, 3.05) is 39.3 Å². The molecule has 1 amide bonds. The van der Waals surface area contributed by atoms with Crippen molar-refractivity contribution in [3.8, 4) is 0 Å². The van der Waals surface area contributed by atoms with E-state index in [1.54, 1.807) is 24.3 Å². The van der Waals surface area contributed by atoms with E-state index >= 15 is 0 Å². The summed E-state index contributed by atoms with van der Waals surface area (Å²) in [5.41, 5.74) is 0. The Labute approximate surface area is 163 Å². The Hall–Kier alpha value is -1.44. The molecule has 1 unspecified atom stereocenters. The third-order valence-corrected chi connectivity index (χ3v) is 7.85. The van der Waals surface area contributed by atoms with Crippen molar-refractivity contribution in [1.29, 1.82) is 0 Å². The van der Waals surface area contributed by atoms with Crippen molar-refractivity contribution >= 4 is 15.9 Å². The Balaban J connectivity index is 1.59. The molecule has 27 heavy (non-hydrogen) atoms. The molecule has 2 saturated heterocycles. The molecule has 7 heteroatoms. The van der Waals surface area contributed by atoms with Crippen LogP contribution in [0.15, 0.2) is 35.2 Å². The molecule has 0 aromatic heterocycles. The average Bonchev–Trinajstić information content (AvgIpc) is 2.67. The first-order valence-corrected chi connectivity index (χ1v) is 11.4. The first kappa shape index (κ1) is 20.3. The van der Waals surface area contributed by atoms with E-state index in [1.807, 2.05) is 17.9 Å². The van der Waals surface area contributed by atoms with Crippen LogP contribution in [0.4, 0.5) is 0 Å². The first-order chi connectivity index (χ1) is 12.8. The molecule has 2 fully saturated rings. The summed E-state index contributed by atoms with van der Waals surface area (Å²) in [5, 5.41) is 0. The van der Waals surface area contributed by atoms with Crippen molar-refractivity contribution in [2.45, 2.75) is 38.1 Å². The molecule has 1 aromatic rings. The number of quaternary nitrogens is 1. The fourth-order valence-corrected chi connectivity index (χ4v) is 5.97. The van der Waals surface area contributed by atoms with Crippen LogP contribution in [0.3, 0.4) is 0 Å². The zero-order valence-corrected chi connectivity index (χ0v) is 17.4. The van der Waals surface area contributed by atoms with E-state index in [0.29, 0.717) is 42.9 Å². The molecule has 3 rings (SSSR count). The lowest BCUT2D eigenvalue weighted by atomic mass is 9.91. The molecule has 2 aliphatic rings. The fourth-order valence-electron chi connectivity index (χ4n) is 4.52. The van der Waals surface area contributed by atoms with Gasteiger partial charge in [-0.05, 0) is 25.5 Å². The minimum atomic E-state index is -3.48. The minimum Gasteiger partial charge on any atom is -0.335 e. The van der Waals surface area contributed by atoms with Gasteiger partial charge in [-0.2, -0.15) is 4.31 Å². The van der Waals surface area contributed by atoms with E-state index in [1.165, 1.54) is 15.6 Å². The Kier molecular flexibility index (Phi) is 6.23. The molecule has 1 N–H and O–H groups in total. The number of hydrogen-bond donors (Lipinski definition) is 1. The summed E-state index contributed by atoms with van der Waals surface area (Å²) in [5.74, 6) is 1.45. The smallest absolute Gasteiger partial charge is 0.280 e. The number of amides is 1. The molecular formula is C20H32N3O3S+. The lowest BCUT2D eigenvalue weighted by Crippen LogP contribution is -3.18. The molecule has 150 valence electrons. The van der Waals surface area contributed by atoms with Gasteiger partial charge in [0.15, 0.2) is 6.04 Å². The number of piperidine rings is 1. The first-order valence-electron chi connectivity index (χ1n) is 9.97. The molecule has 0 bridgehead atoms. The van der Waals surface area contributed by atoms with Crippen LogP contribution in [0, 0.1) is 11.8 Å². The minimum absolute atomic E-state index is 0.0625. The molecule has 0 spiro atoms. The normalized spacial score (nSPS) is 28.7. The molecule has 6 nitrogen and oxygen atoms in total. The Morgan fingerprint density at radius 3 is 2.15 bits per heavy atom. The molecule has 0 radical (unpaired) electrons. The van der Waals surface area contributed by atoms with Crippen LogP contribution in [0.2, 0.25) is 0 Å². The molecule has 4 atom stereocenters. The number of hydrogen-bond acceptors (Lipinski definition) is 3. The highest BCUT2D eigenvalue weighted by atomic mass is 32.2. The zero-order valence-electron chi connectivity index (χ0n) is 16.6. The average molecular weight is 395 g/mol. The van der Waals surface area contributed by atoms with Gasteiger partial charge in [0.2, 0.25) is 10.0 Å². The molecular weight excluding hydrogens is 362 g/mol. The van der Waals surface area contributed by atoms with Gasteiger partial charge in [-0.15, -0.1) is 0 Å². The highest BCUT2D eigenvalue weighted by Gasteiger charge is 2.37. The highest BCUT2D eigenvalue weighted by molar-refractivity contribution is 7.89. The van der Waals surface area contributed by atoms with Gasteiger partial charge >= 0.3 is 0 Å². The third-order valence-electron chi connectivity index (χ3n) is 5.94. The Morgan fingerprint density at radius 2 is 1.59 bits per heavy atom. The summed E-state index contributed by atoms with van der Waals surface area (Å²) in [6, 6.07) is 8.46. The number of nitrogens with one attached hydrogen (secondary N) is 1. The number of sulfonamides is 1. The maximum absolute atomic E-state index is 13.0. The molecule has 1 aromatic carbocycles. The van der Waals surface area contributed by atoms with Gasteiger partial charge in [0, 0.05) is 38.0 Å². The number of nitrogens with zero attached hydrogens (tertiary/aromatic N) is 2. The lowest BCUT2D eigenvalue weighted by Gasteiger charge is -2.39. The van der Waals surface area contributed by atoms with E-state index in [2.05, 4.69) is 13.8 Å². The van der Waals surface area contributed by atoms with Crippen molar-refractivity contribution in [1.82, 2.24) is 9.21 Å². The monoisotopic (exact) mass is 394 g/mol. The van der Waals surface area contributed by atoms with Crippen molar-refractivity contribution in [2.24, 2.45) is 11.8 Å². The van der Waals surface area contributed by atoms with Gasteiger partial charge in [0.05, 0.1) is 18.0 Å². The zero-order chi connectivity index (χ0) is 19.6. The largest absolute Gasteiger partial charge is 0.335 e. The van der Waals surface area contributed by atoms with Crippen LogP contribution in [-0.2, 0) is 14.8 Å². The van der Waals surface area contributed by atoms with E-state index in [4.69, 9.17) is 0 Å². The number of carbonyl (C=O) groups is 1. The standard InChI is InChI=1S/C20H31N3O3S/c1-16-13-17(2)15-22(14-16)18(3)20(24)21-9-11-23(12-10-21)27(25,26)19-7-5-4-6-8-19/h4-8,16-18H,9-15H2,1-3H3/p+1/t16-,17+,18-/m0/s1. The van der Waals surface area contributed by atoms with Gasteiger partial charge in [0.1, 0.15) is 0 Å². The second-order valence-electron chi connectivity index (χ2n) is 8.28. The second-order valence-corrected chi connectivity index (χ2v) is 10.2. The molecule has 0 saturated carbocycles. The summed E-state index contributed by atoms with van der Waals surface area (Å²) >= 11 is 0. The van der Waals surface area contributed by atoms with Crippen molar-refractivity contribution in [3.05, 3.63) is 30.3 Å². The van der Waals surface area contributed by atoms with Gasteiger partial charge in [0.25, 0.3) is 5.91 Å². The van der Waals surface area contributed by atoms with E-state index in [0.717, 1.165) is 13.1 Å². The van der Waals surface area contributed by atoms with Crippen LogP contribution >= 0.6 is 0 Å². The third kappa shape index (κ3) is 4.52. The highest BCUT2D eigenvalue weighted by Crippen LogP contribution is 2.18. The van der Waals surface area contributed by atoms with Crippen LogP contribution in [-0.4, -0.2) is 68.8 Å². The maximum Gasteiger partial charge on any atom is 0.280 e. The van der Waals surface area contributed by atoms with Gasteiger partial charge in [-0.25, -0.2) is 8.42 Å². The summed E-state index contributed by atoms with van der Waals surface area (Å²) in [7, 11) is -3.48. The second kappa shape index (κ2) is 8.29. The molecule has 0 aliphatic carbocycles. The lowest BCUT2D eigenvalue weighted by molar-refractivity contribution is -0.926. The molecule has 2 heterocycles. The Bertz CT molecular complexity index is 735. The van der Waals surface area contributed by atoms with Crippen LogP contribution in [0.5, 0.6) is 0 Å². The summed E-state index contributed by atoms with van der Waals surface area (Å²) in [4.78, 5) is 16.5. The van der Waals surface area contributed by atoms with Gasteiger partial charge in [-0.3, -0.25) is 4.79 Å². The topological polar surface area (TPSA) is 62.1 Å². The SMILES string of the molecule is C[C@@H]1C[C@H](C)C[NH+]([C@@H](C)C(=O)N2CCN(S(=O)(=O)c3ccccc3)CC2)C1. The van der Waals surface area contributed by atoms with Crippen LogP contribution in [0.25, 0.3) is 0 Å². The van der Waals surface area contributed by atoms with Crippen molar-refractivity contribution < 1.29 is 18.1 Å². The van der Waals surface area contributed by atoms with Gasteiger partial charge < -0.3 is 9.80 Å². The van der Waals surface area contributed by atoms with Crippen LogP contribution in [0.1, 0.15) is 27.2 Å². The number of rotatable bonds is 4. The fraction of sp³-hybridized carbons (Fsp3) is 0.650. The number of benzene rings is 1. The molecule has 2 aliphatic heterocycles.